The van der Waals surface area contributed by atoms with Crippen molar-refractivity contribution in [2.75, 3.05) is 26.8 Å². The highest BCUT2D eigenvalue weighted by Gasteiger charge is 2.19. The smallest absolute Gasteiger partial charge is 0.317 e. The van der Waals surface area contributed by atoms with Gasteiger partial charge in [-0.1, -0.05) is 12.1 Å². The Morgan fingerprint density at radius 1 is 1.45 bits per heavy atom. The average Bonchev–Trinajstić information content (AvgIpc) is 2.42. The van der Waals surface area contributed by atoms with Crippen LogP contribution in [0.2, 0.25) is 0 Å². The second-order valence-corrected chi connectivity index (χ2v) is 4.38. The molecule has 0 amide bonds. The van der Waals surface area contributed by atoms with Crippen molar-refractivity contribution in [3.8, 4) is 0 Å². The molecule has 1 aromatic rings. The fourth-order valence-corrected chi connectivity index (χ4v) is 1.88. The first kappa shape index (κ1) is 16.1. The number of nitro benzene ring substituents is 1. The SMILES string of the molecule is COCCN(CC(=O)O)C(C)c1ccc([N+](=O)[O-])cc1. The van der Waals surface area contributed by atoms with E-state index in [-0.39, 0.29) is 18.3 Å². The highest BCUT2D eigenvalue weighted by molar-refractivity contribution is 5.69. The van der Waals surface area contributed by atoms with Crippen LogP contribution in [-0.2, 0) is 9.53 Å². The van der Waals surface area contributed by atoms with Crippen LogP contribution in [0.3, 0.4) is 0 Å². The lowest BCUT2D eigenvalue weighted by atomic mass is 10.1. The summed E-state index contributed by atoms with van der Waals surface area (Å²) in [5, 5.41) is 19.5. The summed E-state index contributed by atoms with van der Waals surface area (Å²) < 4.78 is 4.97. The first-order valence-corrected chi connectivity index (χ1v) is 6.15. The third-order valence-corrected chi connectivity index (χ3v) is 3.06. The zero-order chi connectivity index (χ0) is 15.1. The van der Waals surface area contributed by atoms with E-state index < -0.39 is 10.9 Å². The van der Waals surface area contributed by atoms with Gasteiger partial charge in [0.1, 0.15) is 0 Å². The van der Waals surface area contributed by atoms with Crippen molar-refractivity contribution < 1.29 is 19.6 Å². The molecule has 0 bridgehead atoms. The molecule has 0 saturated carbocycles. The monoisotopic (exact) mass is 282 g/mol. The first-order valence-electron chi connectivity index (χ1n) is 6.15. The van der Waals surface area contributed by atoms with Gasteiger partial charge in [-0.2, -0.15) is 0 Å². The minimum Gasteiger partial charge on any atom is -0.480 e. The molecule has 1 aromatic carbocycles. The van der Waals surface area contributed by atoms with E-state index in [1.165, 1.54) is 12.1 Å². The molecule has 0 aromatic heterocycles. The van der Waals surface area contributed by atoms with Crippen LogP contribution >= 0.6 is 0 Å². The van der Waals surface area contributed by atoms with Crippen molar-refractivity contribution in [3.63, 3.8) is 0 Å². The van der Waals surface area contributed by atoms with Gasteiger partial charge >= 0.3 is 5.97 Å². The summed E-state index contributed by atoms with van der Waals surface area (Å²) >= 11 is 0. The molecular weight excluding hydrogens is 264 g/mol. The number of carboxylic acids is 1. The number of nitro groups is 1. The van der Waals surface area contributed by atoms with E-state index in [9.17, 15) is 14.9 Å². The van der Waals surface area contributed by atoms with Crippen LogP contribution in [0.1, 0.15) is 18.5 Å². The molecule has 1 atom stereocenters. The van der Waals surface area contributed by atoms with Gasteiger partial charge in [0.25, 0.3) is 5.69 Å². The van der Waals surface area contributed by atoms with Gasteiger partial charge in [-0.05, 0) is 12.5 Å². The number of benzene rings is 1. The molecule has 0 aliphatic carbocycles. The highest BCUT2D eigenvalue weighted by atomic mass is 16.6. The van der Waals surface area contributed by atoms with Crippen LogP contribution < -0.4 is 0 Å². The van der Waals surface area contributed by atoms with Crippen molar-refractivity contribution in [2.24, 2.45) is 0 Å². The van der Waals surface area contributed by atoms with E-state index in [4.69, 9.17) is 9.84 Å². The Bertz CT molecular complexity index is 460. The van der Waals surface area contributed by atoms with Crippen LogP contribution in [0.25, 0.3) is 0 Å². The van der Waals surface area contributed by atoms with Crippen molar-refractivity contribution in [1.29, 1.82) is 0 Å². The molecule has 0 radical (unpaired) electrons. The van der Waals surface area contributed by atoms with E-state index in [0.717, 1.165) is 5.56 Å². The molecule has 20 heavy (non-hydrogen) atoms. The maximum atomic E-state index is 10.9. The summed E-state index contributed by atoms with van der Waals surface area (Å²) in [4.78, 5) is 22.8. The number of hydrogen-bond acceptors (Lipinski definition) is 5. The predicted octanol–water partition coefficient (Wildman–Crippen LogP) is 1.69. The van der Waals surface area contributed by atoms with Crippen LogP contribution in [0.15, 0.2) is 24.3 Å². The van der Waals surface area contributed by atoms with Gasteiger partial charge in [-0.25, -0.2) is 0 Å². The number of carboxylic acid groups (broad SMARTS) is 1. The minimum absolute atomic E-state index is 0.0163. The molecule has 0 heterocycles. The lowest BCUT2D eigenvalue weighted by Gasteiger charge is -2.27. The molecular formula is C13H18N2O5. The third kappa shape index (κ3) is 4.60. The Morgan fingerprint density at radius 2 is 2.05 bits per heavy atom. The molecule has 0 spiro atoms. The van der Waals surface area contributed by atoms with Gasteiger partial charge in [-0.15, -0.1) is 0 Å². The summed E-state index contributed by atoms with van der Waals surface area (Å²) in [5.41, 5.74) is 0.843. The zero-order valence-corrected chi connectivity index (χ0v) is 11.5. The molecule has 7 heteroatoms. The average molecular weight is 282 g/mol. The summed E-state index contributed by atoms with van der Waals surface area (Å²) in [7, 11) is 1.55. The quantitative estimate of drug-likeness (QED) is 0.576. The lowest BCUT2D eigenvalue weighted by Crippen LogP contribution is -2.35. The van der Waals surface area contributed by atoms with Gasteiger partial charge in [0, 0.05) is 31.8 Å². The van der Waals surface area contributed by atoms with E-state index >= 15 is 0 Å². The Hall–Kier alpha value is -1.99. The van der Waals surface area contributed by atoms with E-state index in [1.54, 1.807) is 24.1 Å². The molecule has 1 rings (SSSR count). The van der Waals surface area contributed by atoms with Gasteiger partial charge in [0.15, 0.2) is 0 Å². The number of nitrogens with zero attached hydrogens (tertiary/aromatic N) is 2. The van der Waals surface area contributed by atoms with E-state index in [1.807, 2.05) is 6.92 Å². The lowest BCUT2D eigenvalue weighted by molar-refractivity contribution is -0.384. The fraction of sp³-hybridized carbons (Fsp3) is 0.462. The van der Waals surface area contributed by atoms with Crippen LogP contribution in [0, 0.1) is 10.1 Å². The maximum Gasteiger partial charge on any atom is 0.317 e. The summed E-state index contributed by atoms with van der Waals surface area (Å²) in [6.07, 6.45) is 0. The van der Waals surface area contributed by atoms with Crippen LogP contribution in [0.5, 0.6) is 0 Å². The third-order valence-electron chi connectivity index (χ3n) is 3.06. The number of methoxy groups -OCH3 is 1. The summed E-state index contributed by atoms with van der Waals surface area (Å²) in [6.45, 7) is 2.65. The minimum atomic E-state index is -0.921. The standard InChI is InChI=1S/C13H18N2O5/c1-10(14(7-8-20-2)9-13(16)17)11-3-5-12(6-4-11)15(18)19/h3-6,10H,7-9H2,1-2H3,(H,16,17). The first-order chi connectivity index (χ1) is 9.45. The molecule has 0 fully saturated rings. The van der Waals surface area contributed by atoms with Crippen molar-refractivity contribution >= 4 is 11.7 Å². The summed E-state index contributed by atoms with van der Waals surface area (Å²) in [6, 6.07) is 5.96. The molecule has 1 N–H and O–H groups in total. The fourth-order valence-electron chi connectivity index (χ4n) is 1.88. The number of carbonyl (C=O) groups is 1. The number of hydrogen-bond donors (Lipinski definition) is 1. The van der Waals surface area contributed by atoms with Crippen molar-refractivity contribution in [1.82, 2.24) is 4.90 Å². The summed E-state index contributed by atoms with van der Waals surface area (Å²) in [5.74, 6) is -0.921. The van der Waals surface area contributed by atoms with Crippen molar-refractivity contribution in [3.05, 3.63) is 39.9 Å². The van der Waals surface area contributed by atoms with Gasteiger partial charge in [0.2, 0.25) is 0 Å². The predicted molar refractivity (Wildman–Crippen MR) is 72.6 cm³/mol. The highest BCUT2D eigenvalue weighted by Crippen LogP contribution is 2.22. The van der Waals surface area contributed by atoms with Gasteiger partial charge in [-0.3, -0.25) is 19.8 Å². The Morgan fingerprint density at radius 3 is 2.50 bits per heavy atom. The molecule has 0 saturated heterocycles. The van der Waals surface area contributed by atoms with E-state index in [2.05, 4.69) is 0 Å². The molecule has 0 aliphatic rings. The largest absolute Gasteiger partial charge is 0.480 e. The van der Waals surface area contributed by atoms with E-state index in [0.29, 0.717) is 13.2 Å². The van der Waals surface area contributed by atoms with Gasteiger partial charge in [0.05, 0.1) is 18.1 Å². The van der Waals surface area contributed by atoms with Gasteiger partial charge < -0.3 is 9.84 Å². The molecule has 0 aliphatic heterocycles. The van der Waals surface area contributed by atoms with Crippen LogP contribution in [-0.4, -0.2) is 47.7 Å². The molecule has 7 nitrogen and oxygen atoms in total. The molecule has 1 unspecified atom stereocenters. The Balaban J connectivity index is 2.83. The number of ether oxygens (including phenoxy) is 1. The maximum absolute atomic E-state index is 10.9. The Labute approximate surface area is 116 Å². The van der Waals surface area contributed by atoms with Crippen LogP contribution in [0.4, 0.5) is 5.69 Å². The molecule has 110 valence electrons. The second kappa shape index (κ2) is 7.56. The number of aliphatic carboxylic acids is 1. The normalized spacial score (nSPS) is 12.3. The zero-order valence-electron chi connectivity index (χ0n) is 11.5. The van der Waals surface area contributed by atoms with Crippen molar-refractivity contribution in [2.45, 2.75) is 13.0 Å². The second-order valence-electron chi connectivity index (χ2n) is 4.38. The topological polar surface area (TPSA) is 92.9 Å². The Kier molecular flexibility index (Phi) is 6.08. The number of non-ortho nitro benzene ring substituents is 1. The number of rotatable bonds is 8.